The van der Waals surface area contributed by atoms with E-state index in [1.807, 2.05) is 13.8 Å². The van der Waals surface area contributed by atoms with Gasteiger partial charge in [0.25, 0.3) is 5.91 Å². The Kier molecular flexibility index (Phi) is 6.05. The number of hydrogen-bond acceptors (Lipinski definition) is 3. The predicted molar refractivity (Wildman–Crippen MR) is 81.3 cm³/mol. The number of amides is 2. The van der Waals surface area contributed by atoms with E-state index in [1.165, 1.54) is 0 Å². The van der Waals surface area contributed by atoms with Gasteiger partial charge in [-0.1, -0.05) is 33.0 Å². The van der Waals surface area contributed by atoms with Crippen LogP contribution in [0.15, 0.2) is 0 Å². The van der Waals surface area contributed by atoms with Crippen LogP contribution < -0.4 is 10.6 Å². The largest absolute Gasteiger partial charge is 0.363 e. The minimum atomic E-state index is -0.466. The summed E-state index contributed by atoms with van der Waals surface area (Å²) in [5, 5.41) is 5.88. The van der Waals surface area contributed by atoms with Crippen LogP contribution in [-0.2, 0) is 14.3 Å². The van der Waals surface area contributed by atoms with Crippen LogP contribution in [0.1, 0.15) is 40.5 Å². The predicted octanol–water partition coefficient (Wildman–Crippen LogP) is 0.254. The Hall–Kier alpha value is -1.04. The molecule has 0 aromatic rings. The molecule has 114 valence electrons. The summed E-state index contributed by atoms with van der Waals surface area (Å²) in [4.78, 5) is 23.9. The van der Waals surface area contributed by atoms with Crippen molar-refractivity contribution in [1.82, 2.24) is 10.6 Å². The lowest BCUT2D eigenvalue weighted by Crippen LogP contribution is -2.49. The zero-order valence-corrected chi connectivity index (χ0v) is 13.3. The van der Waals surface area contributed by atoms with Crippen molar-refractivity contribution >= 4 is 19.7 Å². The van der Waals surface area contributed by atoms with E-state index in [9.17, 15) is 9.59 Å². The molecule has 0 bridgehead atoms. The Morgan fingerprint density at radius 2 is 2.00 bits per heavy atom. The van der Waals surface area contributed by atoms with Gasteiger partial charge in [-0.2, -0.15) is 0 Å². The summed E-state index contributed by atoms with van der Waals surface area (Å²) in [5.74, 6) is 0.0624. The molecule has 0 aromatic heterocycles. The van der Waals surface area contributed by atoms with Gasteiger partial charge in [0, 0.05) is 6.54 Å². The average molecular weight is 282 g/mol. The van der Waals surface area contributed by atoms with Gasteiger partial charge in [0.1, 0.15) is 13.9 Å². The maximum absolute atomic E-state index is 12.2. The minimum Gasteiger partial charge on any atom is -0.363 e. The maximum Gasteiger partial charge on any atom is 0.252 e. The lowest BCUT2D eigenvalue weighted by Gasteiger charge is -2.22. The smallest absolute Gasteiger partial charge is 0.252 e. The Labute approximate surface area is 122 Å². The molecule has 0 saturated carbocycles. The van der Waals surface area contributed by atoms with Crippen molar-refractivity contribution in [2.75, 3.05) is 13.2 Å². The van der Waals surface area contributed by atoms with E-state index in [0.717, 1.165) is 6.42 Å². The van der Waals surface area contributed by atoms with Gasteiger partial charge in [0.05, 0.1) is 6.61 Å². The van der Waals surface area contributed by atoms with E-state index in [2.05, 4.69) is 32.3 Å². The molecule has 0 aromatic carbocycles. The zero-order chi connectivity index (χ0) is 15.3. The number of carbonyl (C=O) groups is 2. The highest BCUT2D eigenvalue weighted by molar-refractivity contribution is 6.14. The van der Waals surface area contributed by atoms with Crippen LogP contribution in [0.2, 0.25) is 5.31 Å². The molecule has 1 saturated heterocycles. The second-order valence-corrected chi connectivity index (χ2v) is 7.11. The van der Waals surface area contributed by atoms with Gasteiger partial charge in [0.15, 0.2) is 6.10 Å². The Bertz CT molecular complexity index is 349. The van der Waals surface area contributed by atoms with Gasteiger partial charge in [-0.25, -0.2) is 0 Å². The van der Waals surface area contributed by atoms with E-state index in [0.29, 0.717) is 25.5 Å². The number of nitrogens with one attached hydrogen (secondary N) is 2. The summed E-state index contributed by atoms with van der Waals surface area (Å²) < 4.78 is 4.94. The summed E-state index contributed by atoms with van der Waals surface area (Å²) in [6.07, 6.45) is 1.19. The van der Waals surface area contributed by atoms with E-state index < -0.39 is 6.04 Å². The standard InChI is InChI=1S/C14H27BN2O3/c1-9(2)7-10(17-13(19)11-8-20-11)12(18)16-6-5-14(3,4)15/h9-11H,5-8,15H2,1-4H3,(H,16,18)(H,17,19)/t10-,11-/m0/s1. The van der Waals surface area contributed by atoms with Crippen LogP contribution in [0, 0.1) is 5.92 Å². The molecule has 20 heavy (non-hydrogen) atoms. The molecule has 1 fully saturated rings. The fraction of sp³-hybridized carbons (Fsp3) is 0.857. The fourth-order valence-electron chi connectivity index (χ4n) is 1.85. The molecule has 2 N–H and O–H groups in total. The zero-order valence-electron chi connectivity index (χ0n) is 13.3. The third-order valence-corrected chi connectivity index (χ3v) is 3.14. The summed E-state index contributed by atoms with van der Waals surface area (Å²) in [5.41, 5.74) is 0. The fourth-order valence-corrected chi connectivity index (χ4v) is 1.85. The van der Waals surface area contributed by atoms with Gasteiger partial charge in [-0.3, -0.25) is 9.59 Å². The van der Waals surface area contributed by atoms with Crippen LogP contribution in [0.5, 0.6) is 0 Å². The Balaban J connectivity index is 2.44. The first kappa shape index (κ1) is 17.0. The van der Waals surface area contributed by atoms with Crippen LogP contribution in [-0.4, -0.2) is 45.0 Å². The first-order valence-electron chi connectivity index (χ1n) is 7.39. The summed E-state index contributed by atoms with van der Waals surface area (Å²) in [7, 11) is 2.14. The molecule has 2 atom stereocenters. The van der Waals surface area contributed by atoms with Gasteiger partial charge in [0.2, 0.25) is 5.91 Å². The molecule has 2 amide bonds. The minimum absolute atomic E-state index is 0.100. The molecule has 5 nitrogen and oxygen atoms in total. The topological polar surface area (TPSA) is 70.7 Å². The van der Waals surface area contributed by atoms with E-state index in [1.54, 1.807) is 0 Å². The Morgan fingerprint density at radius 3 is 2.45 bits per heavy atom. The molecule has 1 rings (SSSR count). The quantitative estimate of drug-likeness (QED) is 0.495. The highest BCUT2D eigenvalue weighted by Gasteiger charge is 2.34. The number of hydrogen-bond donors (Lipinski definition) is 2. The van der Waals surface area contributed by atoms with E-state index in [-0.39, 0.29) is 23.2 Å². The monoisotopic (exact) mass is 282 g/mol. The lowest BCUT2D eigenvalue weighted by atomic mass is 9.70. The molecular formula is C14H27BN2O3. The lowest BCUT2D eigenvalue weighted by molar-refractivity contribution is -0.130. The SMILES string of the molecule is BC(C)(C)CCNC(=O)[C@H](CC(C)C)NC(=O)[C@@H]1CO1. The summed E-state index contributed by atoms with van der Waals surface area (Å²) in [6.45, 7) is 9.44. The second kappa shape index (κ2) is 7.11. The number of rotatable bonds is 8. The third-order valence-electron chi connectivity index (χ3n) is 3.14. The van der Waals surface area contributed by atoms with Crippen molar-refractivity contribution < 1.29 is 14.3 Å². The molecule has 0 aliphatic carbocycles. The highest BCUT2D eigenvalue weighted by Crippen LogP contribution is 2.22. The normalized spacial score (nSPS) is 19.6. The van der Waals surface area contributed by atoms with Crippen molar-refractivity contribution in [3.63, 3.8) is 0 Å². The molecule has 0 radical (unpaired) electrons. The van der Waals surface area contributed by atoms with Crippen LogP contribution in [0.4, 0.5) is 0 Å². The number of carbonyl (C=O) groups excluding carboxylic acids is 2. The van der Waals surface area contributed by atoms with Crippen molar-refractivity contribution in [3.05, 3.63) is 0 Å². The van der Waals surface area contributed by atoms with Crippen LogP contribution >= 0.6 is 0 Å². The third kappa shape index (κ3) is 6.94. The van der Waals surface area contributed by atoms with Gasteiger partial charge in [-0.05, 0) is 18.8 Å². The van der Waals surface area contributed by atoms with Crippen LogP contribution in [0.25, 0.3) is 0 Å². The first-order chi connectivity index (χ1) is 9.19. The van der Waals surface area contributed by atoms with Gasteiger partial charge < -0.3 is 15.4 Å². The van der Waals surface area contributed by atoms with E-state index >= 15 is 0 Å². The van der Waals surface area contributed by atoms with E-state index in [4.69, 9.17) is 4.74 Å². The Morgan fingerprint density at radius 1 is 1.40 bits per heavy atom. The summed E-state index contributed by atoms with van der Waals surface area (Å²) in [6, 6.07) is -0.466. The maximum atomic E-state index is 12.2. The van der Waals surface area contributed by atoms with Gasteiger partial charge in [-0.15, -0.1) is 0 Å². The average Bonchev–Trinajstić information content (AvgIpc) is 3.08. The molecule has 0 spiro atoms. The molecular weight excluding hydrogens is 255 g/mol. The first-order valence-corrected chi connectivity index (χ1v) is 7.39. The molecule has 0 unspecified atom stereocenters. The van der Waals surface area contributed by atoms with Crippen molar-refractivity contribution in [3.8, 4) is 0 Å². The molecule has 6 heteroatoms. The second-order valence-electron chi connectivity index (χ2n) is 7.11. The van der Waals surface area contributed by atoms with Crippen molar-refractivity contribution in [2.24, 2.45) is 5.92 Å². The van der Waals surface area contributed by atoms with Crippen molar-refractivity contribution in [2.45, 2.75) is 58.0 Å². The van der Waals surface area contributed by atoms with Crippen molar-refractivity contribution in [1.29, 1.82) is 0 Å². The number of epoxide rings is 1. The van der Waals surface area contributed by atoms with Crippen LogP contribution in [0.3, 0.4) is 0 Å². The summed E-state index contributed by atoms with van der Waals surface area (Å²) >= 11 is 0. The highest BCUT2D eigenvalue weighted by atomic mass is 16.6. The molecule has 1 heterocycles. The molecule has 1 aliphatic rings. The number of ether oxygens (including phenoxy) is 1. The molecule has 1 aliphatic heterocycles. The van der Waals surface area contributed by atoms with Gasteiger partial charge >= 0.3 is 0 Å².